The van der Waals surface area contributed by atoms with Crippen LogP contribution in [-0.2, 0) is 4.79 Å². The molecule has 1 aromatic carbocycles. The van der Waals surface area contributed by atoms with Crippen LogP contribution < -0.4 is 11.1 Å². The lowest BCUT2D eigenvalue weighted by Gasteiger charge is -2.26. The maximum atomic E-state index is 12.2. The third-order valence-electron chi connectivity index (χ3n) is 4.52. The van der Waals surface area contributed by atoms with Crippen molar-refractivity contribution < 1.29 is 4.79 Å². The van der Waals surface area contributed by atoms with E-state index in [1.165, 1.54) is 5.56 Å². The van der Waals surface area contributed by atoms with Crippen molar-refractivity contribution in [1.29, 1.82) is 0 Å². The molecular formula is C16H21ClN2O. The average Bonchev–Trinajstić information content (AvgIpc) is 3.22. The molecule has 1 aromatic rings. The van der Waals surface area contributed by atoms with Crippen LogP contribution in [0.3, 0.4) is 0 Å². The fourth-order valence-corrected chi connectivity index (χ4v) is 3.36. The topological polar surface area (TPSA) is 55.1 Å². The third-order valence-corrected chi connectivity index (χ3v) is 4.76. The van der Waals surface area contributed by atoms with Crippen LogP contribution in [0.5, 0.6) is 0 Å². The summed E-state index contributed by atoms with van der Waals surface area (Å²) in [4.78, 5) is 12.2. The summed E-state index contributed by atoms with van der Waals surface area (Å²) in [6, 6.07) is 8.50. The normalized spacial score (nSPS) is 32.7. The number of rotatable bonds is 3. The zero-order valence-corrected chi connectivity index (χ0v) is 12.3. The molecule has 2 fully saturated rings. The highest BCUT2D eigenvalue weighted by molar-refractivity contribution is 6.30. The van der Waals surface area contributed by atoms with Crippen LogP contribution in [0.1, 0.15) is 43.6 Å². The Hall–Kier alpha value is -1.06. The predicted molar refractivity (Wildman–Crippen MR) is 80.7 cm³/mol. The molecule has 4 heteroatoms. The van der Waals surface area contributed by atoms with Gasteiger partial charge in [0.05, 0.1) is 0 Å². The predicted octanol–water partition coefficient (Wildman–Crippen LogP) is 2.83. The molecule has 0 heterocycles. The van der Waals surface area contributed by atoms with E-state index in [4.69, 9.17) is 17.3 Å². The molecule has 2 saturated carbocycles. The van der Waals surface area contributed by atoms with Gasteiger partial charge in [-0.15, -0.1) is 0 Å². The van der Waals surface area contributed by atoms with Crippen LogP contribution in [-0.4, -0.2) is 18.0 Å². The minimum absolute atomic E-state index is 0.129. The number of hydrogen-bond acceptors (Lipinski definition) is 2. The fraction of sp³-hybridized carbons (Fsp3) is 0.562. The summed E-state index contributed by atoms with van der Waals surface area (Å²) in [5, 5.41) is 3.93. The Morgan fingerprint density at radius 3 is 2.70 bits per heavy atom. The Labute approximate surface area is 124 Å². The smallest absolute Gasteiger partial charge is 0.223 e. The first-order valence-corrected chi connectivity index (χ1v) is 7.82. The largest absolute Gasteiger partial charge is 0.353 e. The summed E-state index contributed by atoms with van der Waals surface area (Å²) in [7, 11) is 0. The van der Waals surface area contributed by atoms with Crippen LogP contribution in [0, 0.1) is 5.92 Å². The van der Waals surface area contributed by atoms with Gasteiger partial charge in [-0.2, -0.15) is 0 Å². The van der Waals surface area contributed by atoms with E-state index < -0.39 is 0 Å². The second-order valence-corrected chi connectivity index (χ2v) is 6.56. The molecule has 108 valence electrons. The monoisotopic (exact) mass is 292 g/mol. The van der Waals surface area contributed by atoms with Crippen LogP contribution in [0.4, 0.5) is 0 Å². The Kier molecular flexibility index (Phi) is 3.99. The summed E-state index contributed by atoms with van der Waals surface area (Å²) >= 11 is 6.00. The third kappa shape index (κ3) is 3.15. The summed E-state index contributed by atoms with van der Waals surface area (Å²) in [5.41, 5.74) is 7.07. The summed E-state index contributed by atoms with van der Waals surface area (Å²) in [6.45, 7) is 0. The van der Waals surface area contributed by atoms with Gasteiger partial charge in [0.15, 0.2) is 0 Å². The van der Waals surface area contributed by atoms with Gasteiger partial charge in [-0.25, -0.2) is 0 Å². The highest BCUT2D eigenvalue weighted by Crippen LogP contribution is 2.48. The standard InChI is InChI=1S/C16H21ClN2O/c17-11-3-1-2-10(8-11)14-9-15(14)16(20)19-13-6-4-12(18)5-7-13/h1-3,8,12-15H,4-7,9,18H2,(H,19,20). The second-order valence-electron chi connectivity index (χ2n) is 6.12. The molecular weight excluding hydrogens is 272 g/mol. The van der Waals surface area contributed by atoms with E-state index in [1.807, 2.05) is 18.2 Å². The molecule has 0 bridgehead atoms. The molecule has 20 heavy (non-hydrogen) atoms. The Balaban J connectivity index is 1.53. The second kappa shape index (κ2) is 5.74. The number of halogens is 1. The lowest BCUT2D eigenvalue weighted by atomic mass is 9.91. The number of carbonyl (C=O) groups excluding carboxylic acids is 1. The van der Waals surface area contributed by atoms with Crippen molar-refractivity contribution in [3.63, 3.8) is 0 Å². The van der Waals surface area contributed by atoms with Crippen molar-refractivity contribution in [3.05, 3.63) is 34.9 Å². The van der Waals surface area contributed by atoms with Gasteiger partial charge in [0.1, 0.15) is 0 Å². The molecule has 3 rings (SSSR count). The summed E-state index contributed by atoms with van der Waals surface area (Å²) in [5.74, 6) is 0.680. The highest BCUT2D eigenvalue weighted by Gasteiger charge is 2.44. The van der Waals surface area contributed by atoms with Crippen LogP contribution >= 0.6 is 11.6 Å². The van der Waals surface area contributed by atoms with Gasteiger partial charge in [0.2, 0.25) is 5.91 Å². The van der Waals surface area contributed by atoms with E-state index in [9.17, 15) is 4.79 Å². The van der Waals surface area contributed by atoms with Crippen molar-refractivity contribution in [1.82, 2.24) is 5.32 Å². The van der Waals surface area contributed by atoms with Crippen LogP contribution in [0.25, 0.3) is 0 Å². The molecule has 3 N–H and O–H groups in total. The van der Waals surface area contributed by atoms with E-state index in [-0.39, 0.29) is 11.8 Å². The van der Waals surface area contributed by atoms with Gasteiger partial charge in [-0.1, -0.05) is 23.7 Å². The van der Waals surface area contributed by atoms with Crippen molar-refractivity contribution in [2.75, 3.05) is 0 Å². The van der Waals surface area contributed by atoms with Crippen LogP contribution in [0.2, 0.25) is 5.02 Å². The van der Waals surface area contributed by atoms with Gasteiger partial charge in [0, 0.05) is 23.0 Å². The molecule has 0 spiro atoms. The molecule has 2 unspecified atom stereocenters. The molecule has 0 radical (unpaired) electrons. The minimum Gasteiger partial charge on any atom is -0.353 e. The minimum atomic E-state index is 0.129. The lowest BCUT2D eigenvalue weighted by molar-refractivity contribution is -0.123. The highest BCUT2D eigenvalue weighted by atomic mass is 35.5. The van der Waals surface area contributed by atoms with Gasteiger partial charge in [-0.05, 0) is 55.7 Å². The maximum absolute atomic E-state index is 12.2. The zero-order valence-electron chi connectivity index (χ0n) is 11.5. The van der Waals surface area contributed by atoms with Gasteiger partial charge < -0.3 is 11.1 Å². The van der Waals surface area contributed by atoms with Crippen molar-refractivity contribution >= 4 is 17.5 Å². The molecule has 0 aromatic heterocycles. The molecule has 3 nitrogen and oxygen atoms in total. The van der Waals surface area contributed by atoms with Crippen molar-refractivity contribution in [2.24, 2.45) is 11.7 Å². The van der Waals surface area contributed by atoms with Gasteiger partial charge in [0.25, 0.3) is 0 Å². The number of amides is 1. The fourth-order valence-electron chi connectivity index (χ4n) is 3.16. The molecule has 2 aliphatic carbocycles. The first-order chi connectivity index (χ1) is 9.63. The number of nitrogens with one attached hydrogen (secondary N) is 1. The van der Waals surface area contributed by atoms with Gasteiger partial charge in [-0.3, -0.25) is 4.79 Å². The Bertz CT molecular complexity index is 497. The van der Waals surface area contributed by atoms with Crippen LogP contribution in [0.15, 0.2) is 24.3 Å². The average molecular weight is 293 g/mol. The summed E-state index contributed by atoms with van der Waals surface area (Å²) < 4.78 is 0. The molecule has 2 aliphatic rings. The molecule has 1 amide bonds. The van der Waals surface area contributed by atoms with Gasteiger partial charge >= 0.3 is 0 Å². The number of nitrogens with two attached hydrogens (primary N) is 1. The Morgan fingerprint density at radius 2 is 2.00 bits per heavy atom. The van der Waals surface area contributed by atoms with E-state index in [0.717, 1.165) is 37.1 Å². The molecule has 2 atom stereocenters. The number of benzene rings is 1. The van der Waals surface area contributed by atoms with Crippen molar-refractivity contribution in [3.8, 4) is 0 Å². The van der Waals surface area contributed by atoms with E-state index in [1.54, 1.807) is 0 Å². The van der Waals surface area contributed by atoms with E-state index in [0.29, 0.717) is 18.0 Å². The van der Waals surface area contributed by atoms with E-state index in [2.05, 4.69) is 11.4 Å². The Morgan fingerprint density at radius 1 is 1.25 bits per heavy atom. The SMILES string of the molecule is NC1CCC(NC(=O)C2CC2c2cccc(Cl)c2)CC1. The maximum Gasteiger partial charge on any atom is 0.223 e. The quantitative estimate of drug-likeness (QED) is 0.900. The number of hydrogen-bond donors (Lipinski definition) is 2. The summed E-state index contributed by atoms with van der Waals surface area (Å²) in [6.07, 6.45) is 5.02. The zero-order chi connectivity index (χ0) is 14.1. The van der Waals surface area contributed by atoms with Crippen molar-refractivity contribution in [2.45, 2.75) is 50.1 Å². The number of carbonyl (C=O) groups is 1. The lowest BCUT2D eigenvalue weighted by Crippen LogP contribution is -2.41. The first kappa shape index (κ1) is 13.9. The van der Waals surface area contributed by atoms with E-state index >= 15 is 0 Å². The molecule has 0 aliphatic heterocycles. The first-order valence-electron chi connectivity index (χ1n) is 7.45. The molecule has 0 saturated heterocycles.